The normalized spacial score (nSPS) is 10.5. The number of aryl methyl sites for hydroxylation is 1. The molecule has 3 aromatic rings. The lowest BCUT2D eigenvalue weighted by molar-refractivity contribution is -0.385. The quantitative estimate of drug-likeness (QED) is 0.334. The van der Waals surface area contributed by atoms with Gasteiger partial charge in [0.25, 0.3) is 11.6 Å². The highest BCUT2D eigenvalue weighted by molar-refractivity contribution is 6.30. The molecule has 0 atom stereocenters. The zero-order chi connectivity index (χ0) is 21.7. The number of carbonyl (C=O) groups is 2. The summed E-state index contributed by atoms with van der Waals surface area (Å²) in [5, 5.41) is 20.3. The zero-order valence-electron chi connectivity index (χ0n) is 15.7. The third-order valence-electron chi connectivity index (χ3n) is 4.05. The topological polar surface area (TPSA) is 140 Å². The number of amides is 2. The van der Waals surface area contributed by atoms with Crippen LogP contribution in [0.15, 0.2) is 47.0 Å². The first-order valence-electron chi connectivity index (χ1n) is 8.76. The number of hydrogen-bond donors (Lipinski definition) is 2. The standard InChI is InChI=1S/C19H16ClN5O5/c1-11-9-13(5-6-15(11)25(28)29)17(26)21-7-8-22-18(27)19-23-16(24-30-19)12-3-2-4-14(20)10-12/h2-6,9-10H,7-8H2,1H3,(H,21,26)(H,22,27). The number of aromatic nitrogens is 2. The lowest BCUT2D eigenvalue weighted by Gasteiger charge is -2.06. The van der Waals surface area contributed by atoms with Crippen LogP contribution in [-0.4, -0.2) is 40.0 Å². The maximum absolute atomic E-state index is 12.1. The van der Waals surface area contributed by atoms with Gasteiger partial charge in [-0.15, -0.1) is 0 Å². The first-order chi connectivity index (χ1) is 14.3. The molecule has 0 unspecified atom stereocenters. The molecule has 154 valence electrons. The minimum atomic E-state index is -0.587. The van der Waals surface area contributed by atoms with Gasteiger partial charge in [0.1, 0.15) is 0 Å². The summed E-state index contributed by atoms with van der Waals surface area (Å²) in [5.41, 5.74) is 1.21. The van der Waals surface area contributed by atoms with Crippen molar-refractivity contribution in [2.24, 2.45) is 0 Å². The summed E-state index contributed by atoms with van der Waals surface area (Å²) in [7, 11) is 0. The third kappa shape index (κ3) is 4.97. The second-order valence-electron chi connectivity index (χ2n) is 6.20. The smallest absolute Gasteiger partial charge is 0.316 e. The van der Waals surface area contributed by atoms with Gasteiger partial charge >= 0.3 is 11.8 Å². The van der Waals surface area contributed by atoms with E-state index in [9.17, 15) is 19.7 Å². The Bertz CT molecular complexity index is 1110. The molecule has 0 spiro atoms. The average Bonchev–Trinajstić information content (AvgIpc) is 3.21. The summed E-state index contributed by atoms with van der Waals surface area (Å²) in [4.78, 5) is 38.6. The first kappa shape index (κ1) is 20.9. The van der Waals surface area contributed by atoms with Crippen molar-refractivity contribution < 1.29 is 19.0 Å². The highest BCUT2D eigenvalue weighted by Gasteiger charge is 2.17. The monoisotopic (exact) mass is 429 g/mol. The van der Waals surface area contributed by atoms with Crippen LogP contribution in [-0.2, 0) is 0 Å². The van der Waals surface area contributed by atoms with E-state index in [1.54, 1.807) is 31.2 Å². The molecule has 30 heavy (non-hydrogen) atoms. The second-order valence-corrected chi connectivity index (χ2v) is 6.64. The predicted octanol–water partition coefficient (Wildman–Crippen LogP) is 2.77. The van der Waals surface area contributed by atoms with Crippen molar-refractivity contribution in [3.05, 3.63) is 74.6 Å². The minimum Gasteiger partial charge on any atom is -0.350 e. The van der Waals surface area contributed by atoms with Crippen molar-refractivity contribution in [2.45, 2.75) is 6.92 Å². The first-order valence-corrected chi connectivity index (χ1v) is 9.14. The van der Waals surface area contributed by atoms with Crippen molar-refractivity contribution in [1.29, 1.82) is 0 Å². The van der Waals surface area contributed by atoms with Crippen molar-refractivity contribution in [1.82, 2.24) is 20.8 Å². The van der Waals surface area contributed by atoms with Crippen LogP contribution < -0.4 is 10.6 Å². The molecule has 0 fully saturated rings. The Morgan fingerprint density at radius 2 is 1.87 bits per heavy atom. The summed E-state index contributed by atoms with van der Waals surface area (Å²) in [6, 6.07) is 10.9. The number of nitrogens with one attached hydrogen (secondary N) is 2. The Hall–Kier alpha value is -3.79. The SMILES string of the molecule is Cc1cc(C(=O)NCCNC(=O)c2nc(-c3cccc(Cl)c3)no2)ccc1[N+](=O)[O-]. The van der Waals surface area contributed by atoms with E-state index in [1.807, 2.05) is 0 Å². The molecule has 2 N–H and O–H groups in total. The van der Waals surface area contributed by atoms with E-state index in [0.717, 1.165) is 0 Å². The van der Waals surface area contributed by atoms with Crippen LogP contribution in [0.4, 0.5) is 5.69 Å². The minimum absolute atomic E-state index is 0.0597. The Morgan fingerprint density at radius 1 is 1.13 bits per heavy atom. The number of halogens is 1. The molecule has 1 aromatic heterocycles. The van der Waals surface area contributed by atoms with E-state index in [2.05, 4.69) is 20.8 Å². The summed E-state index contributed by atoms with van der Waals surface area (Å²) in [5.74, 6) is -0.994. The maximum atomic E-state index is 12.1. The molecule has 3 rings (SSSR count). The number of nitro benzene ring substituents is 1. The number of rotatable bonds is 7. The van der Waals surface area contributed by atoms with Crippen LogP contribution in [0.25, 0.3) is 11.4 Å². The lowest BCUT2D eigenvalue weighted by Crippen LogP contribution is -2.34. The predicted molar refractivity (Wildman–Crippen MR) is 107 cm³/mol. The molecule has 0 radical (unpaired) electrons. The van der Waals surface area contributed by atoms with Gasteiger partial charge in [-0.3, -0.25) is 19.7 Å². The molecule has 11 heteroatoms. The fraction of sp³-hybridized carbons (Fsp3) is 0.158. The zero-order valence-corrected chi connectivity index (χ0v) is 16.5. The molecule has 0 saturated heterocycles. The van der Waals surface area contributed by atoms with E-state index in [4.69, 9.17) is 16.1 Å². The molecule has 10 nitrogen and oxygen atoms in total. The Kier molecular flexibility index (Phi) is 6.38. The number of benzene rings is 2. The van der Waals surface area contributed by atoms with E-state index < -0.39 is 16.7 Å². The molecule has 2 amide bonds. The van der Waals surface area contributed by atoms with Gasteiger partial charge in [0, 0.05) is 40.9 Å². The maximum Gasteiger partial charge on any atom is 0.316 e. The number of hydrogen-bond acceptors (Lipinski definition) is 7. The molecule has 0 aliphatic rings. The van der Waals surface area contributed by atoms with Crippen LogP contribution >= 0.6 is 11.6 Å². The van der Waals surface area contributed by atoms with Crippen LogP contribution in [0.5, 0.6) is 0 Å². The van der Waals surface area contributed by atoms with Crippen LogP contribution in [0.3, 0.4) is 0 Å². The number of carbonyl (C=O) groups excluding carboxylic acids is 2. The highest BCUT2D eigenvalue weighted by Crippen LogP contribution is 2.20. The molecule has 1 heterocycles. The van der Waals surface area contributed by atoms with Crippen molar-refractivity contribution >= 4 is 29.1 Å². The highest BCUT2D eigenvalue weighted by atomic mass is 35.5. The molecule has 0 aliphatic carbocycles. The van der Waals surface area contributed by atoms with Gasteiger partial charge in [-0.2, -0.15) is 4.98 Å². The number of nitrogens with zero attached hydrogens (tertiary/aromatic N) is 3. The Morgan fingerprint density at radius 3 is 2.53 bits per heavy atom. The molecule has 0 aliphatic heterocycles. The van der Waals surface area contributed by atoms with E-state index in [1.165, 1.54) is 18.2 Å². The summed E-state index contributed by atoms with van der Waals surface area (Å²) in [6.45, 7) is 1.80. The van der Waals surface area contributed by atoms with E-state index in [-0.39, 0.29) is 36.1 Å². The average molecular weight is 430 g/mol. The number of nitro groups is 1. The summed E-state index contributed by atoms with van der Waals surface area (Å²) >= 11 is 5.92. The van der Waals surface area contributed by atoms with E-state index >= 15 is 0 Å². The van der Waals surface area contributed by atoms with Crippen LogP contribution in [0.1, 0.15) is 26.6 Å². The Balaban J connectivity index is 1.50. The molecular formula is C19H16ClN5O5. The van der Waals surface area contributed by atoms with Gasteiger partial charge < -0.3 is 15.2 Å². The fourth-order valence-corrected chi connectivity index (χ4v) is 2.78. The van der Waals surface area contributed by atoms with Gasteiger partial charge in [-0.1, -0.05) is 28.9 Å². The fourth-order valence-electron chi connectivity index (χ4n) is 2.59. The molecule has 0 bridgehead atoms. The lowest BCUT2D eigenvalue weighted by atomic mass is 10.1. The van der Waals surface area contributed by atoms with Gasteiger partial charge in [-0.05, 0) is 31.2 Å². The van der Waals surface area contributed by atoms with Gasteiger partial charge in [0.2, 0.25) is 5.82 Å². The van der Waals surface area contributed by atoms with Crippen LogP contribution in [0.2, 0.25) is 5.02 Å². The van der Waals surface area contributed by atoms with Crippen LogP contribution in [0, 0.1) is 17.0 Å². The largest absolute Gasteiger partial charge is 0.350 e. The molecule has 2 aromatic carbocycles. The second kappa shape index (κ2) is 9.14. The summed E-state index contributed by atoms with van der Waals surface area (Å²) < 4.78 is 4.95. The third-order valence-corrected chi connectivity index (χ3v) is 4.29. The molecular weight excluding hydrogens is 414 g/mol. The Labute approximate surface area is 175 Å². The van der Waals surface area contributed by atoms with E-state index in [0.29, 0.717) is 16.1 Å². The van der Waals surface area contributed by atoms with Crippen molar-refractivity contribution in [3.8, 4) is 11.4 Å². The van der Waals surface area contributed by atoms with Gasteiger partial charge in [0.05, 0.1) is 4.92 Å². The molecule has 0 saturated carbocycles. The van der Waals surface area contributed by atoms with Crippen molar-refractivity contribution in [3.63, 3.8) is 0 Å². The van der Waals surface area contributed by atoms with Gasteiger partial charge in [0.15, 0.2) is 0 Å². The van der Waals surface area contributed by atoms with Crippen molar-refractivity contribution in [2.75, 3.05) is 13.1 Å². The summed E-state index contributed by atoms with van der Waals surface area (Å²) in [6.07, 6.45) is 0. The van der Waals surface area contributed by atoms with Gasteiger partial charge in [-0.25, -0.2) is 0 Å².